The fourth-order valence-electron chi connectivity index (χ4n) is 1.92. The van der Waals surface area contributed by atoms with Gasteiger partial charge in [0.25, 0.3) is 5.91 Å². The van der Waals surface area contributed by atoms with Gasteiger partial charge in [-0.3, -0.25) is 4.79 Å². The Morgan fingerprint density at radius 3 is 2.79 bits per heavy atom. The number of hydrogen-bond donors (Lipinski definition) is 1. The van der Waals surface area contributed by atoms with Crippen LogP contribution in [0.15, 0.2) is 22.7 Å². The van der Waals surface area contributed by atoms with E-state index in [1.807, 2.05) is 6.92 Å². The van der Waals surface area contributed by atoms with Crippen LogP contribution in [-0.2, 0) is 0 Å². The highest BCUT2D eigenvalue weighted by molar-refractivity contribution is 9.10. The van der Waals surface area contributed by atoms with Crippen LogP contribution in [0.4, 0.5) is 4.39 Å². The number of rotatable bonds is 7. The Hall–Kier alpha value is -0.900. The van der Waals surface area contributed by atoms with Gasteiger partial charge in [-0.2, -0.15) is 0 Å². The molecular weight excluding hydrogens is 309 g/mol. The maximum atomic E-state index is 13.5. The summed E-state index contributed by atoms with van der Waals surface area (Å²) in [6, 6.07) is 4.46. The lowest BCUT2D eigenvalue weighted by Gasteiger charge is -2.14. The van der Waals surface area contributed by atoms with Gasteiger partial charge in [-0.25, -0.2) is 4.39 Å². The Bertz CT molecular complexity index is 423. The lowest BCUT2D eigenvalue weighted by atomic mass is 10.1. The molecule has 0 aliphatic carbocycles. The molecule has 1 aromatic rings. The average molecular weight is 330 g/mol. The van der Waals surface area contributed by atoms with E-state index in [4.69, 9.17) is 0 Å². The Morgan fingerprint density at radius 1 is 1.37 bits per heavy atom. The minimum absolute atomic E-state index is 0.0720. The Balaban J connectivity index is 2.47. The van der Waals surface area contributed by atoms with Crippen LogP contribution in [0.5, 0.6) is 0 Å². The standard InChI is InChI=1S/C15H21BrFNO/c1-3-4-5-6-7-11(2)18-15(19)13-10-12(16)8-9-14(13)17/h8-11H,3-7H2,1-2H3,(H,18,19). The van der Waals surface area contributed by atoms with E-state index in [2.05, 4.69) is 28.2 Å². The maximum absolute atomic E-state index is 13.5. The zero-order valence-corrected chi connectivity index (χ0v) is 13.1. The molecule has 0 heterocycles. The summed E-state index contributed by atoms with van der Waals surface area (Å²) < 4.78 is 14.2. The summed E-state index contributed by atoms with van der Waals surface area (Å²) in [5, 5.41) is 2.84. The zero-order valence-electron chi connectivity index (χ0n) is 11.5. The van der Waals surface area contributed by atoms with Gasteiger partial charge in [0.15, 0.2) is 0 Å². The quantitative estimate of drug-likeness (QED) is 0.723. The van der Waals surface area contributed by atoms with Gasteiger partial charge in [0.1, 0.15) is 5.82 Å². The summed E-state index contributed by atoms with van der Waals surface area (Å²) in [5.41, 5.74) is 0.0924. The molecule has 0 fully saturated rings. The lowest BCUT2D eigenvalue weighted by molar-refractivity contribution is 0.0933. The molecule has 2 nitrogen and oxygen atoms in total. The predicted octanol–water partition coefficient (Wildman–Crippen LogP) is 4.68. The average Bonchev–Trinajstić information content (AvgIpc) is 2.37. The van der Waals surface area contributed by atoms with Crippen molar-refractivity contribution >= 4 is 21.8 Å². The van der Waals surface area contributed by atoms with Gasteiger partial charge in [-0.05, 0) is 31.5 Å². The van der Waals surface area contributed by atoms with Crippen molar-refractivity contribution in [2.45, 2.75) is 52.0 Å². The first-order chi connectivity index (χ1) is 9.04. The monoisotopic (exact) mass is 329 g/mol. The number of carbonyl (C=O) groups excluding carboxylic acids is 1. The van der Waals surface area contributed by atoms with Crippen LogP contribution in [-0.4, -0.2) is 11.9 Å². The Labute approximate surface area is 122 Å². The van der Waals surface area contributed by atoms with Crippen LogP contribution in [0.2, 0.25) is 0 Å². The topological polar surface area (TPSA) is 29.1 Å². The molecule has 1 N–H and O–H groups in total. The van der Waals surface area contributed by atoms with Crippen molar-refractivity contribution in [3.05, 3.63) is 34.1 Å². The maximum Gasteiger partial charge on any atom is 0.254 e. The number of hydrogen-bond acceptors (Lipinski definition) is 1. The fraction of sp³-hybridized carbons (Fsp3) is 0.533. The Morgan fingerprint density at radius 2 is 2.11 bits per heavy atom. The van der Waals surface area contributed by atoms with Gasteiger partial charge < -0.3 is 5.32 Å². The van der Waals surface area contributed by atoms with E-state index in [0.29, 0.717) is 4.47 Å². The van der Waals surface area contributed by atoms with E-state index in [1.54, 1.807) is 6.07 Å². The van der Waals surface area contributed by atoms with E-state index >= 15 is 0 Å². The van der Waals surface area contributed by atoms with Crippen molar-refractivity contribution in [3.63, 3.8) is 0 Å². The van der Waals surface area contributed by atoms with Crippen LogP contribution >= 0.6 is 15.9 Å². The molecule has 4 heteroatoms. The van der Waals surface area contributed by atoms with Gasteiger partial charge in [0.05, 0.1) is 5.56 Å². The number of amides is 1. The first-order valence-corrected chi connectivity index (χ1v) is 7.59. The highest BCUT2D eigenvalue weighted by atomic mass is 79.9. The molecule has 1 amide bonds. The normalized spacial score (nSPS) is 12.2. The summed E-state index contributed by atoms with van der Waals surface area (Å²) in [6.07, 6.45) is 5.63. The zero-order chi connectivity index (χ0) is 14.3. The van der Waals surface area contributed by atoms with E-state index in [0.717, 1.165) is 12.8 Å². The first kappa shape index (κ1) is 16.2. The van der Waals surface area contributed by atoms with Crippen molar-refractivity contribution in [1.82, 2.24) is 5.32 Å². The van der Waals surface area contributed by atoms with Crippen molar-refractivity contribution in [3.8, 4) is 0 Å². The number of nitrogens with one attached hydrogen (secondary N) is 1. The van der Waals surface area contributed by atoms with E-state index in [-0.39, 0.29) is 17.5 Å². The third kappa shape index (κ3) is 5.72. The Kier molecular flexibility index (Phi) is 7.06. The van der Waals surface area contributed by atoms with Gasteiger partial charge >= 0.3 is 0 Å². The lowest BCUT2D eigenvalue weighted by Crippen LogP contribution is -2.33. The van der Waals surface area contributed by atoms with Crippen molar-refractivity contribution in [2.24, 2.45) is 0 Å². The minimum atomic E-state index is -0.487. The molecule has 0 radical (unpaired) electrons. The number of carbonyl (C=O) groups is 1. The van der Waals surface area contributed by atoms with Gasteiger partial charge in [0, 0.05) is 10.5 Å². The summed E-state index contributed by atoms with van der Waals surface area (Å²) in [4.78, 5) is 11.9. The van der Waals surface area contributed by atoms with E-state index in [9.17, 15) is 9.18 Å². The SMILES string of the molecule is CCCCCCC(C)NC(=O)c1cc(Br)ccc1F. The molecule has 0 spiro atoms. The molecule has 0 saturated carbocycles. The van der Waals surface area contributed by atoms with Gasteiger partial charge in [-0.15, -0.1) is 0 Å². The highest BCUT2D eigenvalue weighted by Crippen LogP contribution is 2.16. The second-order valence-corrected chi connectivity index (χ2v) is 5.76. The smallest absolute Gasteiger partial charge is 0.254 e. The molecule has 0 bridgehead atoms. The molecule has 0 aliphatic heterocycles. The third-order valence-electron chi connectivity index (χ3n) is 3.04. The molecule has 0 saturated heterocycles. The summed E-state index contributed by atoms with van der Waals surface area (Å²) in [7, 11) is 0. The second kappa shape index (κ2) is 8.31. The van der Waals surface area contributed by atoms with Crippen LogP contribution < -0.4 is 5.32 Å². The van der Waals surface area contributed by atoms with E-state index < -0.39 is 5.82 Å². The number of benzene rings is 1. The summed E-state index contributed by atoms with van der Waals surface area (Å²) in [6.45, 7) is 4.13. The van der Waals surface area contributed by atoms with Crippen LogP contribution in [0.25, 0.3) is 0 Å². The van der Waals surface area contributed by atoms with Gasteiger partial charge in [-0.1, -0.05) is 48.5 Å². The molecule has 1 atom stereocenters. The fourth-order valence-corrected chi connectivity index (χ4v) is 2.28. The molecule has 106 valence electrons. The third-order valence-corrected chi connectivity index (χ3v) is 3.53. The van der Waals surface area contributed by atoms with Crippen molar-refractivity contribution in [2.75, 3.05) is 0 Å². The number of halogens is 2. The predicted molar refractivity (Wildman–Crippen MR) is 79.8 cm³/mol. The molecular formula is C15H21BrFNO. The molecule has 0 aliphatic rings. The largest absolute Gasteiger partial charge is 0.349 e. The highest BCUT2D eigenvalue weighted by Gasteiger charge is 2.14. The second-order valence-electron chi connectivity index (χ2n) is 4.85. The molecule has 0 aromatic heterocycles. The summed E-state index contributed by atoms with van der Waals surface area (Å²) >= 11 is 3.24. The number of unbranched alkanes of at least 4 members (excludes halogenated alkanes) is 3. The molecule has 1 aromatic carbocycles. The van der Waals surface area contributed by atoms with Crippen molar-refractivity contribution in [1.29, 1.82) is 0 Å². The van der Waals surface area contributed by atoms with E-state index in [1.165, 1.54) is 31.4 Å². The van der Waals surface area contributed by atoms with Gasteiger partial charge in [0.2, 0.25) is 0 Å². The first-order valence-electron chi connectivity index (χ1n) is 6.80. The van der Waals surface area contributed by atoms with Crippen molar-refractivity contribution < 1.29 is 9.18 Å². The molecule has 19 heavy (non-hydrogen) atoms. The summed E-state index contributed by atoms with van der Waals surface area (Å²) in [5.74, 6) is -0.833. The minimum Gasteiger partial charge on any atom is -0.349 e. The van der Waals surface area contributed by atoms with Crippen LogP contribution in [0.3, 0.4) is 0 Å². The van der Waals surface area contributed by atoms with Crippen LogP contribution in [0, 0.1) is 5.82 Å². The van der Waals surface area contributed by atoms with Crippen LogP contribution in [0.1, 0.15) is 56.3 Å². The molecule has 1 rings (SSSR count). The molecule has 1 unspecified atom stereocenters.